The number of hydrogen-bond acceptors (Lipinski definition) is 4. The molecule has 0 spiro atoms. The van der Waals surface area contributed by atoms with Crippen LogP contribution < -0.4 is 4.74 Å². The zero-order chi connectivity index (χ0) is 21.4. The van der Waals surface area contributed by atoms with Crippen LogP contribution in [0.3, 0.4) is 0 Å². The van der Waals surface area contributed by atoms with Crippen LogP contribution in [0.25, 0.3) is 0 Å². The minimum absolute atomic E-state index is 0.0324. The van der Waals surface area contributed by atoms with Crippen LogP contribution in [0.2, 0.25) is 0 Å². The highest BCUT2D eigenvalue weighted by Gasteiger charge is 2.40. The average molecular weight is 440 g/mol. The van der Waals surface area contributed by atoms with Crippen molar-refractivity contribution in [3.05, 3.63) is 60.2 Å². The van der Waals surface area contributed by atoms with Crippen LogP contribution in [-0.4, -0.2) is 55.7 Å². The first-order chi connectivity index (χ1) is 14.2. The van der Waals surface area contributed by atoms with Gasteiger partial charge in [0.05, 0.1) is 4.90 Å². The van der Waals surface area contributed by atoms with Crippen molar-refractivity contribution in [2.45, 2.75) is 42.6 Å². The summed E-state index contributed by atoms with van der Waals surface area (Å²) in [6, 6.07) is 14.4. The number of benzene rings is 2. The van der Waals surface area contributed by atoms with Gasteiger partial charge in [-0.2, -0.15) is 4.31 Å². The number of nitrogens with zero attached hydrogens (tertiary/aromatic N) is 2. The fraction of sp³-hybridized carbons (Fsp3) is 0.429. The molecular weight excluding hydrogens is 417 g/mol. The maximum atomic E-state index is 13.3. The highest BCUT2D eigenvalue weighted by Crippen LogP contribution is 2.32. The molecular formula is C21H23F3N2O3S. The van der Waals surface area contributed by atoms with E-state index in [2.05, 4.69) is 9.64 Å². The standard InChI is InChI=1S/C21H23F3N2O3S/c22-21(23,24)29-19-8-10-20(11-9-19)30(27,28)26-13-12-25(17-6-7-17)15-18(26)14-16-4-2-1-3-5-16/h1-5,8-11,17-18H,6-7,12-15H2. The lowest BCUT2D eigenvalue weighted by molar-refractivity contribution is -0.274. The van der Waals surface area contributed by atoms with Crippen molar-refractivity contribution in [2.75, 3.05) is 19.6 Å². The molecule has 30 heavy (non-hydrogen) atoms. The van der Waals surface area contributed by atoms with Crippen LogP contribution >= 0.6 is 0 Å². The van der Waals surface area contributed by atoms with E-state index in [1.54, 1.807) is 0 Å². The fourth-order valence-electron chi connectivity index (χ4n) is 3.95. The van der Waals surface area contributed by atoms with Crippen molar-refractivity contribution >= 4 is 10.0 Å². The molecule has 162 valence electrons. The van der Waals surface area contributed by atoms with Gasteiger partial charge in [0.15, 0.2) is 0 Å². The Labute approximate surface area is 174 Å². The zero-order valence-corrected chi connectivity index (χ0v) is 17.1. The third kappa shape index (κ3) is 4.96. The molecule has 1 saturated heterocycles. The average Bonchev–Trinajstić information content (AvgIpc) is 3.53. The topological polar surface area (TPSA) is 49.9 Å². The van der Waals surface area contributed by atoms with Gasteiger partial charge in [0.2, 0.25) is 10.0 Å². The van der Waals surface area contributed by atoms with Gasteiger partial charge in [-0.15, -0.1) is 13.2 Å². The summed E-state index contributed by atoms with van der Waals surface area (Å²) < 4.78 is 69.1. The molecule has 2 aliphatic rings. The van der Waals surface area contributed by atoms with E-state index in [0.717, 1.165) is 30.5 Å². The molecule has 1 unspecified atom stereocenters. The second-order valence-electron chi connectivity index (χ2n) is 7.70. The summed E-state index contributed by atoms with van der Waals surface area (Å²) in [4.78, 5) is 2.31. The molecule has 2 fully saturated rings. The van der Waals surface area contributed by atoms with Gasteiger partial charge in [-0.05, 0) is 49.1 Å². The Balaban J connectivity index is 1.56. The summed E-state index contributed by atoms with van der Waals surface area (Å²) in [6.07, 6.45) is -1.95. The largest absolute Gasteiger partial charge is 0.573 e. The van der Waals surface area contributed by atoms with Gasteiger partial charge in [-0.25, -0.2) is 8.42 Å². The first-order valence-corrected chi connectivity index (χ1v) is 11.3. The van der Waals surface area contributed by atoms with Crippen LogP contribution in [0, 0.1) is 0 Å². The maximum absolute atomic E-state index is 13.3. The van der Waals surface area contributed by atoms with Gasteiger partial charge in [-0.1, -0.05) is 30.3 Å². The van der Waals surface area contributed by atoms with E-state index in [4.69, 9.17) is 0 Å². The van der Waals surface area contributed by atoms with Crippen molar-refractivity contribution in [1.29, 1.82) is 0 Å². The van der Waals surface area contributed by atoms with Gasteiger partial charge >= 0.3 is 6.36 Å². The van der Waals surface area contributed by atoms with E-state index >= 15 is 0 Å². The van der Waals surface area contributed by atoms with Crippen molar-refractivity contribution in [2.24, 2.45) is 0 Å². The summed E-state index contributed by atoms with van der Waals surface area (Å²) in [5.41, 5.74) is 1.05. The number of alkyl halides is 3. The van der Waals surface area contributed by atoms with Crippen LogP contribution in [0.1, 0.15) is 18.4 Å². The van der Waals surface area contributed by atoms with Gasteiger partial charge in [0.25, 0.3) is 0 Å². The minimum Gasteiger partial charge on any atom is -0.406 e. The first kappa shape index (κ1) is 21.1. The number of piperazine rings is 1. The summed E-state index contributed by atoms with van der Waals surface area (Å²) in [5, 5.41) is 0. The highest BCUT2D eigenvalue weighted by atomic mass is 32.2. The molecule has 0 amide bonds. The van der Waals surface area contributed by atoms with Gasteiger partial charge in [0.1, 0.15) is 5.75 Å². The minimum atomic E-state index is -4.82. The SMILES string of the molecule is O=S(=O)(c1ccc(OC(F)(F)F)cc1)N1CCN(C2CC2)CC1Cc1ccccc1. The lowest BCUT2D eigenvalue weighted by atomic mass is 10.0. The lowest BCUT2D eigenvalue weighted by Crippen LogP contribution is -2.56. The number of sulfonamides is 1. The molecule has 1 aliphatic heterocycles. The molecule has 1 saturated carbocycles. The molecule has 9 heteroatoms. The Hall–Kier alpha value is -2.10. The number of halogens is 3. The Kier molecular flexibility index (Phi) is 5.78. The molecule has 4 rings (SSSR count). The van der Waals surface area contributed by atoms with Crippen LogP contribution in [0.15, 0.2) is 59.5 Å². The third-order valence-electron chi connectivity index (χ3n) is 5.50. The molecule has 0 N–H and O–H groups in total. The smallest absolute Gasteiger partial charge is 0.406 e. The normalized spacial score (nSPS) is 21.5. The Morgan fingerprint density at radius 3 is 2.23 bits per heavy atom. The highest BCUT2D eigenvalue weighted by molar-refractivity contribution is 7.89. The molecule has 2 aromatic carbocycles. The quantitative estimate of drug-likeness (QED) is 0.688. The van der Waals surface area contributed by atoms with E-state index in [0.29, 0.717) is 32.1 Å². The fourth-order valence-corrected chi connectivity index (χ4v) is 5.56. The van der Waals surface area contributed by atoms with Crippen molar-refractivity contribution < 1.29 is 26.3 Å². The van der Waals surface area contributed by atoms with Crippen molar-refractivity contribution in [3.63, 3.8) is 0 Å². The van der Waals surface area contributed by atoms with Crippen molar-refractivity contribution in [1.82, 2.24) is 9.21 Å². The lowest BCUT2D eigenvalue weighted by Gasteiger charge is -2.41. The molecule has 1 aliphatic carbocycles. The Morgan fingerprint density at radius 1 is 0.967 bits per heavy atom. The number of hydrogen-bond donors (Lipinski definition) is 0. The van der Waals surface area contributed by atoms with E-state index in [9.17, 15) is 21.6 Å². The molecule has 2 aromatic rings. The van der Waals surface area contributed by atoms with E-state index in [-0.39, 0.29) is 10.9 Å². The number of rotatable bonds is 6. The maximum Gasteiger partial charge on any atom is 0.573 e. The van der Waals surface area contributed by atoms with Gasteiger partial charge < -0.3 is 4.74 Å². The number of ether oxygens (including phenoxy) is 1. The monoisotopic (exact) mass is 440 g/mol. The predicted octanol–water partition coefficient (Wildman–Crippen LogP) is 3.67. The Bertz CT molecular complexity index is 961. The summed E-state index contributed by atoms with van der Waals surface area (Å²) in [5.74, 6) is -0.444. The molecule has 0 aromatic heterocycles. The second-order valence-corrected chi connectivity index (χ2v) is 9.60. The predicted molar refractivity (Wildman–Crippen MR) is 106 cm³/mol. The van der Waals surface area contributed by atoms with E-state index in [1.807, 2.05) is 30.3 Å². The van der Waals surface area contributed by atoms with Crippen LogP contribution in [0.4, 0.5) is 13.2 Å². The van der Waals surface area contributed by atoms with E-state index < -0.39 is 22.1 Å². The molecule has 0 bridgehead atoms. The van der Waals surface area contributed by atoms with Gasteiger partial charge in [0, 0.05) is 31.7 Å². The summed E-state index contributed by atoms with van der Waals surface area (Å²) in [6.45, 7) is 1.66. The van der Waals surface area contributed by atoms with E-state index in [1.165, 1.54) is 16.4 Å². The molecule has 1 atom stereocenters. The first-order valence-electron chi connectivity index (χ1n) is 9.88. The second kappa shape index (κ2) is 8.20. The molecule has 5 nitrogen and oxygen atoms in total. The van der Waals surface area contributed by atoms with Crippen molar-refractivity contribution in [3.8, 4) is 5.75 Å². The molecule has 0 radical (unpaired) electrons. The zero-order valence-electron chi connectivity index (χ0n) is 16.3. The Morgan fingerprint density at radius 2 is 1.63 bits per heavy atom. The molecule has 1 heterocycles. The third-order valence-corrected chi connectivity index (χ3v) is 7.47. The summed E-state index contributed by atoms with van der Waals surface area (Å²) in [7, 11) is -3.85. The summed E-state index contributed by atoms with van der Waals surface area (Å²) >= 11 is 0. The van der Waals surface area contributed by atoms with Crippen LogP contribution in [0.5, 0.6) is 5.75 Å². The van der Waals surface area contributed by atoms with Gasteiger partial charge in [-0.3, -0.25) is 4.90 Å². The van der Waals surface area contributed by atoms with Crippen LogP contribution in [-0.2, 0) is 16.4 Å².